The fraction of sp³-hybridized carbons (Fsp3) is 0.389. The lowest BCUT2D eigenvalue weighted by atomic mass is 10.3. The molecule has 1 amide bonds. The van der Waals surface area contributed by atoms with Gasteiger partial charge >= 0.3 is 0 Å². The van der Waals surface area contributed by atoms with E-state index in [1.807, 2.05) is 42.3 Å². The molecule has 0 aliphatic carbocycles. The number of rotatable bonds is 7. The Bertz CT molecular complexity index is 701. The lowest BCUT2D eigenvalue weighted by Gasteiger charge is -2.22. The highest BCUT2D eigenvalue weighted by Gasteiger charge is 2.32. The highest BCUT2D eigenvalue weighted by atomic mass is 32.2. The standard InChI is InChI=1S/C18H22N2O3S/c1-3-23-16-6-4-5-15(11-16)19-8-7-14(12-19)18-20(9-10-22-2)17(21)13-24-18/h4-8,11-12,18H,3,9-10,13H2,1-2H3/t18-/m1/s1. The number of carbonyl (C=O) groups excluding carboxylic acids is 1. The molecular weight excluding hydrogens is 324 g/mol. The molecule has 1 fully saturated rings. The zero-order valence-electron chi connectivity index (χ0n) is 14.0. The first-order valence-electron chi connectivity index (χ1n) is 8.04. The number of carbonyl (C=O) groups is 1. The molecule has 24 heavy (non-hydrogen) atoms. The van der Waals surface area contributed by atoms with Gasteiger partial charge in [0, 0.05) is 43.4 Å². The van der Waals surface area contributed by atoms with Gasteiger partial charge in [0.05, 0.1) is 19.0 Å². The van der Waals surface area contributed by atoms with Crippen LogP contribution in [-0.2, 0) is 9.53 Å². The number of amides is 1. The molecule has 2 heterocycles. The molecule has 128 valence electrons. The molecule has 1 aliphatic heterocycles. The second-order valence-electron chi connectivity index (χ2n) is 5.53. The first-order valence-corrected chi connectivity index (χ1v) is 9.09. The SMILES string of the molecule is CCOc1cccc(-n2ccc([C@H]3SCC(=O)N3CCOC)c2)c1. The summed E-state index contributed by atoms with van der Waals surface area (Å²) < 4.78 is 12.8. The van der Waals surface area contributed by atoms with Gasteiger partial charge in [0.1, 0.15) is 11.1 Å². The molecular formula is C18H22N2O3S. The molecule has 1 aromatic carbocycles. The molecule has 1 aromatic heterocycles. The fourth-order valence-electron chi connectivity index (χ4n) is 2.78. The summed E-state index contributed by atoms with van der Waals surface area (Å²) in [6.07, 6.45) is 4.11. The number of hydrogen-bond acceptors (Lipinski definition) is 4. The quantitative estimate of drug-likeness (QED) is 0.773. The Labute approximate surface area is 146 Å². The van der Waals surface area contributed by atoms with Crippen molar-refractivity contribution in [3.8, 4) is 11.4 Å². The van der Waals surface area contributed by atoms with Gasteiger partial charge in [0.2, 0.25) is 5.91 Å². The van der Waals surface area contributed by atoms with Crippen LogP contribution in [0.1, 0.15) is 17.9 Å². The van der Waals surface area contributed by atoms with Crippen molar-refractivity contribution in [1.29, 1.82) is 0 Å². The van der Waals surface area contributed by atoms with Gasteiger partial charge in [0.15, 0.2) is 0 Å². The lowest BCUT2D eigenvalue weighted by molar-refractivity contribution is -0.128. The monoisotopic (exact) mass is 346 g/mol. The van der Waals surface area contributed by atoms with Crippen LogP contribution in [0.25, 0.3) is 5.69 Å². The predicted octanol–water partition coefficient (Wildman–Crippen LogP) is 3.10. The second-order valence-corrected chi connectivity index (χ2v) is 6.59. The maximum absolute atomic E-state index is 12.1. The largest absolute Gasteiger partial charge is 0.494 e. The lowest BCUT2D eigenvalue weighted by Crippen LogP contribution is -2.31. The molecule has 0 bridgehead atoms. The normalized spacial score (nSPS) is 17.5. The molecule has 0 N–H and O–H groups in total. The minimum Gasteiger partial charge on any atom is -0.494 e. The topological polar surface area (TPSA) is 43.7 Å². The van der Waals surface area contributed by atoms with E-state index in [-0.39, 0.29) is 11.3 Å². The van der Waals surface area contributed by atoms with E-state index in [2.05, 4.69) is 16.8 Å². The molecule has 1 saturated heterocycles. The second kappa shape index (κ2) is 7.77. The number of thioether (sulfide) groups is 1. The molecule has 0 saturated carbocycles. The summed E-state index contributed by atoms with van der Waals surface area (Å²) in [7, 11) is 1.66. The van der Waals surface area contributed by atoms with Crippen molar-refractivity contribution in [2.24, 2.45) is 0 Å². The van der Waals surface area contributed by atoms with Crippen LogP contribution in [0.15, 0.2) is 42.7 Å². The minimum absolute atomic E-state index is 0.0592. The maximum atomic E-state index is 12.1. The predicted molar refractivity (Wildman–Crippen MR) is 95.7 cm³/mol. The van der Waals surface area contributed by atoms with Gasteiger partial charge in [0.25, 0.3) is 0 Å². The smallest absolute Gasteiger partial charge is 0.233 e. The third kappa shape index (κ3) is 3.60. The van der Waals surface area contributed by atoms with Gasteiger partial charge in [-0.05, 0) is 25.1 Å². The van der Waals surface area contributed by atoms with E-state index >= 15 is 0 Å². The number of hydrogen-bond donors (Lipinski definition) is 0. The van der Waals surface area contributed by atoms with Crippen LogP contribution in [-0.4, -0.2) is 48.0 Å². The van der Waals surface area contributed by atoms with Crippen LogP contribution >= 0.6 is 11.8 Å². The van der Waals surface area contributed by atoms with Gasteiger partial charge in [-0.3, -0.25) is 4.79 Å². The Morgan fingerprint density at radius 1 is 1.33 bits per heavy atom. The third-order valence-electron chi connectivity index (χ3n) is 3.93. The first kappa shape index (κ1) is 16.9. The summed E-state index contributed by atoms with van der Waals surface area (Å²) in [5.41, 5.74) is 2.17. The number of ether oxygens (including phenoxy) is 2. The third-order valence-corrected chi connectivity index (χ3v) is 5.19. The summed E-state index contributed by atoms with van der Waals surface area (Å²) >= 11 is 1.66. The molecule has 1 aliphatic rings. The number of aromatic nitrogens is 1. The molecule has 0 unspecified atom stereocenters. The number of methoxy groups -OCH3 is 1. The summed E-state index contributed by atoms with van der Waals surface area (Å²) in [4.78, 5) is 14.0. The molecule has 0 spiro atoms. The average Bonchev–Trinajstić information content (AvgIpc) is 3.20. The van der Waals surface area contributed by atoms with Crippen molar-refractivity contribution >= 4 is 17.7 Å². The molecule has 5 nitrogen and oxygen atoms in total. The number of benzene rings is 1. The molecule has 2 aromatic rings. The van der Waals surface area contributed by atoms with E-state index in [9.17, 15) is 4.79 Å². The van der Waals surface area contributed by atoms with E-state index in [1.165, 1.54) is 0 Å². The maximum Gasteiger partial charge on any atom is 0.233 e. The number of nitrogens with zero attached hydrogens (tertiary/aromatic N) is 2. The van der Waals surface area contributed by atoms with Crippen LogP contribution in [0.4, 0.5) is 0 Å². The zero-order valence-corrected chi connectivity index (χ0v) is 14.8. The average molecular weight is 346 g/mol. The van der Waals surface area contributed by atoms with Gasteiger partial charge < -0.3 is 18.9 Å². The molecule has 6 heteroatoms. The minimum atomic E-state index is 0.0592. The van der Waals surface area contributed by atoms with E-state index in [0.717, 1.165) is 17.0 Å². The summed E-state index contributed by atoms with van der Waals surface area (Å²) in [6, 6.07) is 10.1. The Balaban J connectivity index is 1.80. The van der Waals surface area contributed by atoms with Gasteiger partial charge in [-0.25, -0.2) is 0 Å². The van der Waals surface area contributed by atoms with E-state index in [0.29, 0.717) is 25.5 Å². The van der Waals surface area contributed by atoms with Crippen molar-refractivity contribution < 1.29 is 14.3 Å². The summed E-state index contributed by atoms with van der Waals surface area (Å²) in [6.45, 7) is 3.80. The molecule has 3 rings (SSSR count). The van der Waals surface area contributed by atoms with Crippen LogP contribution in [0.3, 0.4) is 0 Å². The Morgan fingerprint density at radius 3 is 3.00 bits per heavy atom. The van der Waals surface area contributed by atoms with Gasteiger partial charge in [-0.1, -0.05) is 6.07 Å². The zero-order chi connectivity index (χ0) is 16.9. The van der Waals surface area contributed by atoms with Crippen molar-refractivity contribution in [2.75, 3.05) is 32.6 Å². The Kier molecular flexibility index (Phi) is 5.48. The highest BCUT2D eigenvalue weighted by Crippen LogP contribution is 2.38. The van der Waals surface area contributed by atoms with Crippen LogP contribution in [0.5, 0.6) is 5.75 Å². The van der Waals surface area contributed by atoms with Crippen molar-refractivity contribution in [3.63, 3.8) is 0 Å². The van der Waals surface area contributed by atoms with E-state index < -0.39 is 0 Å². The van der Waals surface area contributed by atoms with Gasteiger partial charge in [-0.15, -0.1) is 11.8 Å². The molecule has 1 atom stereocenters. The van der Waals surface area contributed by atoms with Crippen LogP contribution < -0.4 is 4.74 Å². The van der Waals surface area contributed by atoms with E-state index in [4.69, 9.17) is 9.47 Å². The van der Waals surface area contributed by atoms with Crippen molar-refractivity contribution in [1.82, 2.24) is 9.47 Å². The fourth-order valence-corrected chi connectivity index (χ4v) is 3.98. The van der Waals surface area contributed by atoms with E-state index in [1.54, 1.807) is 18.9 Å². The van der Waals surface area contributed by atoms with Crippen LogP contribution in [0.2, 0.25) is 0 Å². The van der Waals surface area contributed by atoms with Crippen molar-refractivity contribution in [2.45, 2.75) is 12.3 Å². The highest BCUT2D eigenvalue weighted by molar-refractivity contribution is 8.00. The Hall–Kier alpha value is -1.92. The first-order chi connectivity index (χ1) is 11.7. The Morgan fingerprint density at radius 2 is 2.21 bits per heavy atom. The summed E-state index contributed by atoms with van der Waals surface area (Å²) in [5.74, 6) is 1.56. The summed E-state index contributed by atoms with van der Waals surface area (Å²) in [5, 5.41) is 0.0592. The molecule has 0 radical (unpaired) electrons. The van der Waals surface area contributed by atoms with Crippen molar-refractivity contribution in [3.05, 3.63) is 48.3 Å². The van der Waals surface area contributed by atoms with Crippen LogP contribution in [0, 0.1) is 0 Å². The van der Waals surface area contributed by atoms with Gasteiger partial charge in [-0.2, -0.15) is 0 Å².